The van der Waals surface area contributed by atoms with Gasteiger partial charge in [0.1, 0.15) is 11.4 Å². The standard InChI is InChI=1S/C18H12F4N2O2/c19-13-6-1-2-7-14(13)24-17(26)15-12(9-23-16(15)25)10-4-3-5-11(8-10)18(20,21)22/h1-8H,9H2,(H,23,25)(H,24,26). The van der Waals surface area contributed by atoms with E-state index in [1.165, 1.54) is 30.3 Å². The summed E-state index contributed by atoms with van der Waals surface area (Å²) >= 11 is 0. The molecule has 1 aliphatic rings. The molecule has 1 aliphatic heterocycles. The molecule has 2 aromatic carbocycles. The summed E-state index contributed by atoms with van der Waals surface area (Å²) in [5.74, 6) is -2.32. The number of carbonyl (C=O) groups excluding carboxylic acids is 2. The Bertz CT molecular complexity index is 919. The Morgan fingerprint density at radius 1 is 1.08 bits per heavy atom. The fourth-order valence-corrected chi connectivity index (χ4v) is 2.60. The average Bonchev–Trinajstić information content (AvgIpc) is 2.98. The zero-order valence-electron chi connectivity index (χ0n) is 13.2. The first kappa shape index (κ1) is 17.7. The molecule has 0 atom stereocenters. The van der Waals surface area contributed by atoms with Crippen LogP contribution in [0, 0.1) is 5.82 Å². The molecule has 0 saturated heterocycles. The number of nitrogens with one attached hydrogen (secondary N) is 2. The number of hydrogen-bond donors (Lipinski definition) is 2. The van der Waals surface area contributed by atoms with Crippen LogP contribution in [-0.2, 0) is 15.8 Å². The second kappa shape index (κ2) is 6.62. The minimum Gasteiger partial charge on any atom is -0.348 e. The maximum absolute atomic E-state index is 13.7. The molecule has 0 fully saturated rings. The number of hydrogen-bond acceptors (Lipinski definition) is 2. The summed E-state index contributed by atoms with van der Waals surface area (Å²) < 4.78 is 52.4. The normalized spacial score (nSPS) is 14.4. The van der Waals surface area contributed by atoms with Gasteiger partial charge in [0.25, 0.3) is 11.8 Å². The van der Waals surface area contributed by atoms with E-state index in [0.717, 1.165) is 18.2 Å². The van der Waals surface area contributed by atoms with Crippen LogP contribution in [0.4, 0.5) is 23.2 Å². The Hall–Kier alpha value is -3.16. The Morgan fingerprint density at radius 3 is 2.50 bits per heavy atom. The molecule has 0 bridgehead atoms. The predicted molar refractivity (Wildman–Crippen MR) is 86.4 cm³/mol. The second-order valence-corrected chi connectivity index (χ2v) is 5.55. The molecule has 0 saturated carbocycles. The molecule has 0 aromatic heterocycles. The summed E-state index contributed by atoms with van der Waals surface area (Å²) in [6, 6.07) is 9.70. The van der Waals surface area contributed by atoms with E-state index in [2.05, 4.69) is 10.6 Å². The lowest BCUT2D eigenvalue weighted by Crippen LogP contribution is -2.25. The van der Waals surface area contributed by atoms with E-state index in [9.17, 15) is 27.2 Å². The first-order chi connectivity index (χ1) is 12.3. The summed E-state index contributed by atoms with van der Waals surface area (Å²) in [4.78, 5) is 24.4. The van der Waals surface area contributed by atoms with Crippen molar-refractivity contribution >= 4 is 23.1 Å². The van der Waals surface area contributed by atoms with Crippen LogP contribution in [0.3, 0.4) is 0 Å². The van der Waals surface area contributed by atoms with Crippen LogP contribution in [0.5, 0.6) is 0 Å². The zero-order chi connectivity index (χ0) is 18.9. The second-order valence-electron chi connectivity index (χ2n) is 5.55. The lowest BCUT2D eigenvalue weighted by molar-refractivity contribution is -0.137. The smallest absolute Gasteiger partial charge is 0.348 e. The Kier molecular flexibility index (Phi) is 4.50. The SMILES string of the molecule is O=C1NCC(c2cccc(C(F)(F)F)c2)=C1C(=O)Nc1ccccc1F. The quantitative estimate of drug-likeness (QED) is 0.648. The molecule has 0 radical (unpaired) electrons. The monoisotopic (exact) mass is 364 g/mol. The van der Waals surface area contributed by atoms with Crippen molar-refractivity contribution in [2.45, 2.75) is 6.18 Å². The van der Waals surface area contributed by atoms with E-state index in [4.69, 9.17) is 0 Å². The number of rotatable bonds is 3. The first-order valence-corrected chi connectivity index (χ1v) is 7.52. The summed E-state index contributed by atoms with van der Waals surface area (Å²) in [6.45, 7) is -0.0971. The van der Waals surface area contributed by atoms with Crippen LogP contribution in [0.15, 0.2) is 54.1 Å². The molecule has 26 heavy (non-hydrogen) atoms. The molecule has 2 aromatic rings. The lowest BCUT2D eigenvalue weighted by Gasteiger charge is -2.11. The summed E-state index contributed by atoms with van der Waals surface area (Å²) in [6.07, 6.45) is -4.55. The zero-order valence-corrected chi connectivity index (χ0v) is 13.2. The highest BCUT2D eigenvalue weighted by molar-refractivity contribution is 6.29. The van der Waals surface area contributed by atoms with E-state index in [1.54, 1.807) is 0 Å². The van der Waals surface area contributed by atoms with Crippen LogP contribution in [0.25, 0.3) is 5.57 Å². The maximum Gasteiger partial charge on any atom is 0.416 e. The van der Waals surface area contributed by atoms with Gasteiger partial charge in [0, 0.05) is 6.54 Å². The van der Waals surface area contributed by atoms with Crippen LogP contribution >= 0.6 is 0 Å². The molecule has 0 unspecified atom stereocenters. The fraction of sp³-hybridized carbons (Fsp3) is 0.111. The van der Waals surface area contributed by atoms with Crippen molar-refractivity contribution in [2.75, 3.05) is 11.9 Å². The van der Waals surface area contributed by atoms with Crippen molar-refractivity contribution in [1.82, 2.24) is 5.32 Å². The molecule has 2 N–H and O–H groups in total. The van der Waals surface area contributed by atoms with Crippen LogP contribution in [0.1, 0.15) is 11.1 Å². The van der Waals surface area contributed by atoms with Crippen LogP contribution in [-0.4, -0.2) is 18.4 Å². The Labute approximate surface area is 145 Å². The van der Waals surface area contributed by atoms with Gasteiger partial charge < -0.3 is 10.6 Å². The number of amides is 2. The first-order valence-electron chi connectivity index (χ1n) is 7.52. The van der Waals surface area contributed by atoms with Gasteiger partial charge in [-0.2, -0.15) is 13.2 Å². The highest BCUT2D eigenvalue weighted by Gasteiger charge is 2.33. The molecule has 0 spiro atoms. The highest BCUT2D eigenvalue weighted by Crippen LogP contribution is 2.32. The minimum atomic E-state index is -4.55. The summed E-state index contributed by atoms with van der Waals surface area (Å²) in [5.41, 5.74) is -1.15. The van der Waals surface area contributed by atoms with Gasteiger partial charge in [0.2, 0.25) is 0 Å². The third-order valence-corrected chi connectivity index (χ3v) is 3.84. The predicted octanol–water partition coefficient (Wildman–Crippen LogP) is 3.37. The Morgan fingerprint density at radius 2 is 1.81 bits per heavy atom. The van der Waals surface area contributed by atoms with Gasteiger partial charge >= 0.3 is 6.18 Å². The number of alkyl halides is 3. The maximum atomic E-state index is 13.7. The summed E-state index contributed by atoms with van der Waals surface area (Å²) in [7, 11) is 0. The topological polar surface area (TPSA) is 58.2 Å². The molecule has 3 rings (SSSR count). The van der Waals surface area contributed by atoms with Crippen molar-refractivity contribution in [3.63, 3.8) is 0 Å². The number of carbonyl (C=O) groups is 2. The van der Waals surface area contributed by atoms with Crippen molar-refractivity contribution < 1.29 is 27.2 Å². The molecule has 2 amide bonds. The Balaban J connectivity index is 1.99. The molecular weight excluding hydrogens is 352 g/mol. The van der Waals surface area contributed by atoms with Gasteiger partial charge in [-0.05, 0) is 35.4 Å². The molecule has 8 heteroatoms. The fourth-order valence-electron chi connectivity index (χ4n) is 2.60. The van der Waals surface area contributed by atoms with Crippen molar-refractivity contribution in [3.8, 4) is 0 Å². The number of para-hydroxylation sites is 1. The largest absolute Gasteiger partial charge is 0.416 e. The lowest BCUT2D eigenvalue weighted by atomic mass is 9.99. The van der Waals surface area contributed by atoms with E-state index < -0.39 is 29.4 Å². The molecule has 1 heterocycles. The number of benzene rings is 2. The van der Waals surface area contributed by atoms with Crippen molar-refractivity contribution in [1.29, 1.82) is 0 Å². The molecule has 134 valence electrons. The van der Waals surface area contributed by atoms with E-state index in [1.807, 2.05) is 0 Å². The van der Waals surface area contributed by atoms with E-state index >= 15 is 0 Å². The average molecular weight is 364 g/mol. The van der Waals surface area contributed by atoms with Crippen LogP contribution in [0.2, 0.25) is 0 Å². The third-order valence-electron chi connectivity index (χ3n) is 3.84. The van der Waals surface area contributed by atoms with Crippen molar-refractivity contribution in [3.05, 3.63) is 71.0 Å². The van der Waals surface area contributed by atoms with Gasteiger partial charge in [0.15, 0.2) is 0 Å². The van der Waals surface area contributed by atoms with Gasteiger partial charge in [-0.1, -0.05) is 24.3 Å². The molecular formula is C18H12F4N2O2. The van der Waals surface area contributed by atoms with Gasteiger partial charge in [-0.15, -0.1) is 0 Å². The van der Waals surface area contributed by atoms with E-state index in [-0.39, 0.29) is 28.9 Å². The number of anilines is 1. The number of halogens is 4. The molecule has 4 nitrogen and oxygen atoms in total. The highest BCUT2D eigenvalue weighted by atomic mass is 19.4. The van der Waals surface area contributed by atoms with Gasteiger partial charge in [-0.25, -0.2) is 4.39 Å². The van der Waals surface area contributed by atoms with E-state index in [0.29, 0.717) is 0 Å². The minimum absolute atomic E-state index is 0.0943. The van der Waals surface area contributed by atoms with Crippen LogP contribution < -0.4 is 10.6 Å². The van der Waals surface area contributed by atoms with Crippen molar-refractivity contribution in [2.24, 2.45) is 0 Å². The van der Waals surface area contributed by atoms with Gasteiger partial charge in [0.05, 0.1) is 11.3 Å². The third kappa shape index (κ3) is 3.44. The van der Waals surface area contributed by atoms with Gasteiger partial charge in [-0.3, -0.25) is 9.59 Å². The molecule has 0 aliphatic carbocycles. The summed E-state index contributed by atoms with van der Waals surface area (Å²) in [5, 5.41) is 4.68.